The van der Waals surface area contributed by atoms with Crippen molar-refractivity contribution in [3.05, 3.63) is 0 Å². The highest BCUT2D eigenvalue weighted by atomic mass is 16.5. The van der Waals surface area contributed by atoms with E-state index >= 15 is 0 Å². The summed E-state index contributed by atoms with van der Waals surface area (Å²) in [4.78, 5) is 23.2. The highest BCUT2D eigenvalue weighted by molar-refractivity contribution is 5.69. The van der Waals surface area contributed by atoms with Gasteiger partial charge < -0.3 is 9.47 Å². The topological polar surface area (TPSA) is 52.6 Å². The standard InChI is InChI=1S/C23H44O4/c1-19(2)15-17-26-22(24)12-10-8-6-7-9-11-21(5)13-14-23(25)27-18-16-20(3)4/h19-21H,6-18H2,1-5H3. The fraction of sp³-hybridized carbons (Fsp3) is 0.913. The summed E-state index contributed by atoms with van der Waals surface area (Å²) in [6.07, 6.45) is 10.6. The van der Waals surface area contributed by atoms with Gasteiger partial charge >= 0.3 is 11.9 Å². The lowest BCUT2D eigenvalue weighted by molar-refractivity contribution is -0.145. The Morgan fingerprint density at radius 2 is 1.07 bits per heavy atom. The lowest BCUT2D eigenvalue weighted by Crippen LogP contribution is -2.09. The third kappa shape index (κ3) is 19.5. The predicted octanol–water partition coefficient (Wildman–Crippen LogP) is 6.31. The molecule has 1 atom stereocenters. The number of ether oxygens (including phenoxy) is 2. The first-order valence-corrected chi connectivity index (χ1v) is 11.1. The lowest BCUT2D eigenvalue weighted by atomic mass is 9.97. The first-order valence-electron chi connectivity index (χ1n) is 11.1. The molecule has 0 N–H and O–H groups in total. The van der Waals surface area contributed by atoms with Gasteiger partial charge in [0.05, 0.1) is 13.2 Å². The third-order valence-electron chi connectivity index (χ3n) is 4.84. The van der Waals surface area contributed by atoms with Crippen molar-refractivity contribution in [2.75, 3.05) is 13.2 Å². The average molecular weight is 385 g/mol. The number of carbonyl (C=O) groups excluding carboxylic acids is 2. The zero-order chi connectivity index (χ0) is 20.5. The fourth-order valence-electron chi connectivity index (χ4n) is 2.76. The second kappa shape index (κ2) is 17.1. The van der Waals surface area contributed by atoms with E-state index in [1.165, 1.54) is 19.3 Å². The molecule has 0 aliphatic heterocycles. The van der Waals surface area contributed by atoms with Gasteiger partial charge in [-0.15, -0.1) is 0 Å². The second-order valence-electron chi connectivity index (χ2n) is 8.76. The number of carbonyl (C=O) groups is 2. The Bertz CT molecular complexity index is 377. The van der Waals surface area contributed by atoms with E-state index in [0.717, 1.165) is 38.5 Å². The predicted molar refractivity (Wildman–Crippen MR) is 112 cm³/mol. The number of hydrogen-bond donors (Lipinski definition) is 0. The van der Waals surface area contributed by atoms with Gasteiger partial charge in [0.25, 0.3) is 0 Å². The van der Waals surface area contributed by atoms with Crippen LogP contribution in [0.1, 0.15) is 105 Å². The summed E-state index contributed by atoms with van der Waals surface area (Å²) in [7, 11) is 0. The maximum absolute atomic E-state index is 11.7. The fourth-order valence-corrected chi connectivity index (χ4v) is 2.76. The molecule has 0 radical (unpaired) electrons. The molecule has 0 heterocycles. The van der Waals surface area contributed by atoms with Gasteiger partial charge in [0.2, 0.25) is 0 Å². The van der Waals surface area contributed by atoms with Crippen molar-refractivity contribution in [1.82, 2.24) is 0 Å². The molecule has 4 nitrogen and oxygen atoms in total. The summed E-state index contributed by atoms with van der Waals surface area (Å²) in [5.41, 5.74) is 0. The van der Waals surface area contributed by atoms with Crippen LogP contribution in [0.5, 0.6) is 0 Å². The molecule has 0 fully saturated rings. The van der Waals surface area contributed by atoms with Crippen LogP contribution in [0, 0.1) is 17.8 Å². The van der Waals surface area contributed by atoms with Crippen LogP contribution >= 0.6 is 0 Å². The summed E-state index contributed by atoms with van der Waals surface area (Å²) in [5.74, 6) is 1.62. The summed E-state index contributed by atoms with van der Waals surface area (Å²) in [6.45, 7) is 11.9. The molecule has 0 aromatic rings. The minimum absolute atomic E-state index is 0.0513. The Morgan fingerprint density at radius 1 is 0.593 bits per heavy atom. The maximum Gasteiger partial charge on any atom is 0.305 e. The first-order chi connectivity index (χ1) is 12.8. The molecule has 0 aromatic carbocycles. The van der Waals surface area contributed by atoms with E-state index in [0.29, 0.717) is 43.8 Å². The van der Waals surface area contributed by atoms with E-state index in [4.69, 9.17) is 9.47 Å². The van der Waals surface area contributed by atoms with Crippen molar-refractivity contribution in [3.8, 4) is 0 Å². The minimum atomic E-state index is -0.0530. The Morgan fingerprint density at radius 3 is 1.63 bits per heavy atom. The summed E-state index contributed by atoms with van der Waals surface area (Å²) in [6, 6.07) is 0. The van der Waals surface area contributed by atoms with Crippen molar-refractivity contribution in [3.63, 3.8) is 0 Å². The van der Waals surface area contributed by atoms with Crippen LogP contribution in [-0.4, -0.2) is 25.2 Å². The van der Waals surface area contributed by atoms with Gasteiger partial charge in [-0.3, -0.25) is 9.59 Å². The molecule has 4 heteroatoms. The highest BCUT2D eigenvalue weighted by Crippen LogP contribution is 2.17. The van der Waals surface area contributed by atoms with E-state index in [2.05, 4.69) is 34.6 Å². The second-order valence-corrected chi connectivity index (χ2v) is 8.76. The number of rotatable bonds is 17. The van der Waals surface area contributed by atoms with Gasteiger partial charge in [-0.05, 0) is 43.4 Å². The van der Waals surface area contributed by atoms with Gasteiger partial charge in [-0.2, -0.15) is 0 Å². The lowest BCUT2D eigenvalue weighted by Gasteiger charge is -2.11. The van der Waals surface area contributed by atoms with Crippen LogP contribution in [0.2, 0.25) is 0 Å². The van der Waals surface area contributed by atoms with Crippen molar-refractivity contribution in [2.45, 2.75) is 105 Å². The van der Waals surface area contributed by atoms with Crippen molar-refractivity contribution < 1.29 is 19.1 Å². The SMILES string of the molecule is CC(C)CCOC(=O)CCCCCCCC(C)CCC(=O)OCCC(C)C. The van der Waals surface area contributed by atoms with Gasteiger partial charge in [0, 0.05) is 12.8 Å². The summed E-state index contributed by atoms with van der Waals surface area (Å²) >= 11 is 0. The van der Waals surface area contributed by atoms with Crippen molar-refractivity contribution in [1.29, 1.82) is 0 Å². The van der Waals surface area contributed by atoms with E-state index < -0.39 is 0 Å². The van der Waals surface area contributed by atoms with E-state index in [-0.39, 0.29) is 11.9 Å². The highest BCUT2D eigenvalue weighted by Gasteiger charge is 2.08. The Labute approximate surface area is 167 Å². The average Bonchev–Trinajstić information content (AvgIpc) is 2.58. The van der Waals surface area contributed by atoms with Crippen molar-refractivity contribution in [2.24, 2.45) is 17.8 Å². The summed E-state index contributed by atoms with van der Waals surface area (Å²) < 4.78 is 10.5. The molecule has 0 saturated carbocycles. The molecular weight excluding hydrogens is 340 g/mol. The molecule has 0 saturated heterocycles. The van der Waals surface area contributed by atoms with Gasteiger partial charge in [-0.1, -0.05) is 66.7 Å². The molecule has 0 aliphatic rings. The van der Waals surface area contributed by atoms with Crippen LogP contribution in [0.15, 0.2) is 0 Å². The smallest absolute Gasteiger partial charge is 0.305 e. The third-order valence-corrected chi connectivity index (χ3v) is 4.84. The van der Waals surface area contributed by atoms with Crippen LogP contribution in [0.3, 0.4) is 0 Å². The Balaban J connectivity index is 3.44. The minimum Gasteiger partial charge on any atom is -0.466 e. The first kappa shape index (κ1) is 25.9. The molecule has 1 unspecified atom stereocenters. The molecule has 0 aromatic heterocycles. The van der Waals surface area contributed by atoms with E-state index in [9.17, 15) is 9.59 Å². The van der Waals surface area contributed by atoms with Crippen LogP contribution in [0.25, 0.3) is 0 Å². The largest absolute Gasteiger partial charge is 0.466 e. The van der Waals surface area contributed by atoms with E-state index in [1.54, 1.807) is 0 Å². The quantitative estimate of drug-likeness (QED) is 0.218. The number of hydrogen-bond acceptors (Lipinski definition) is 4. The Kier molecular flexibility index (Phi) is 16.4. The molecule has 0 spiro atoms. The zero-order valence-electron chi connectivity index (χ0n) is 18.6. The molecule has 160 valence electrons. The van der Waals surface area contributed by atoms with Crippen LogP contribution < -0.4 is 0 Å². The van der Waals surface area contributed by atoms with Crippen LogP contribution in [-0.2, 0) is 19.1 Å². The molecule has 0 amide bonds. The Hall–Kier alpha value is -1.06. The van der Waals surface area contributed by atoms with Gasteiger partial charge in [-0.25, -0.2) is 0 Å². The monoisotopic (exact) mass is 384 g/mol. The number of esters is 2. The zero-order valence-corrected chi connectivity index (χ0v) is 18.6. The molecular formula is C23H44O4. The van der Waals surface area contributed by atoms with E-state index in [1.807, 2.05) is 0 Å². The molecule has 0 aliphatic carbocycles. The summed E-state index contributed by atoms with van der Waals surface area (Å²) in [5, 5.41) is 0. The molecule has 0 rings (SSSR count). The molecule has 27 heavy (non-hydrogen) atoms. The number of unbranched alkanes of at least 4 members (excludes halogenated alkanes) is 4. The maximum atomic E-state index is 11.7. The normalized spacial score (nSPS) is 12.4. The van der Waals surface area contributed by atoms with Crippen LogP contribution in [0.4, 0.5) is 0 Å². The van der Waals surface area contributed by atoms with Crippen molar-refractivity contribution >= 4 is 11.9 Å². The molecule has 0 bridgehead atoms. The van der Waals surface area contributed by atoms with Gasteiger partial charge in [0.15, 0.2) is 0 Å². The van der Waals surface area contributed by atoms with Gasteiger partial charge in [0.1, 0.15) is 0 Å².